The molecule has 2 aliphatic heterocycles. The molecule has 1 fully saturated rings. The minimum atomic E-state index is -1.62. The first-order chi connectivity index (χ1) is 24.4. The van der Waals surface area contributed by atoms with Crippen LogP contribution in [0.2, 0.25) is 0 Å². The number of aliphatic hydroxyl groups excluding tert-OH is 4. The van der Waals surface area contributed by atoms with Crippen LogP contribution in [0.25, 0.3) is 33.4 Å². The zero-order valence-corrected chi connectivity index (χ0v) is 27.2. The number of aromatic carboxylic acids is 1. The van der Waals surface area contributed by atoms with Gasteiger partial charge in [-0.2, -0.15) is 0 Å². The molecule has 0 saturated carbocycles. The number of carbonyl (C=O) groups excluding carboxylic acids is 1. The first-order valence-electron chi connectivity index (χ1n) is 15.4. The van der Waals surface area contributed by atoms with Gasteiger partial charge in [-0.3, -0.25) is 9.59 Å². The summed E-state index contributed by atoms with van der Waals surface area (Å²) < 4.78 is 16.8. The Bertz CT molecular complexity index is 2150. The van der Waals surface area contributed by atoms with Gasteiger partial charge in [0, 0.05) is 46.1 Å². The van der Waals surface area contributed by atoms with Crippen molar-refractivity contribution in [1.29, 1.82) is 0 Å². The van der Waals surface area contributed by atoms with Crippen LogP contribution in [0.5, 0.6) is 11.5 Å². The number of thiocarbonyl (C=S) groups is 1. The van der Waals surface area contributed by atoms with E-state index in [1.165, 1.54) is 42.5 Å². The van der Waals surface area contributed by atoms with Crippen molar-refractivity contribution in [3.05, 3.63) is 94.6 Å². The maximum Gasteiger partial charge on any atom is 0.336 e. The van der Waals surface area contributed by atoms with Crippen LogP contribution in [0, 0.1) is 0 Å². The van der Waals surface area contributed by atoms with Gasteiger partial charge < -0.3 is 60.5 Å². The molecule has 15 nitrogen and oxygen atoms in total. The fourth-order valence-electron chi connectivity index (χ4n) is 5.65. The van der Waals surface area contributed by atoms with Gasteiger partial charge in [0.2, 0.25) is 12.2 Å². The number of aromatic hydroxyl groups is 1. The summed E-state index contributed by atoms with van der Waals surface area (Å²) in [5.41, 5.74) is 1.75. The van der Waals surface area contributed by atoms with Crippen molar-refractivity contribution < 1.29 is 54.1 Å². The number of benzene rings is 4. The number of hydrogen-bond donors (Lipinski definition) is 9. The topological polar surface area (TPSA) is 240 Å². The van der Waals surface area contributed by atoms with Crippen LogP contribution in [-0.2, 0) is 9.53 Å². The molecular formula is C35H31N3O12S. The minimum absolute atomic E-state index is 0.0156. The lowest BCUT2D eigenvalue weighted by molar-refractivity contribution is -0.277. The Hall–Kier alpha value is -5.62. The van der Waals surface area contributed by atoms with Crippen LogP contribution >= 0.6 is 12.2 Å². The molecule has 0 radical (unpaired) electrons. The van der Waals surface area contributed by atoms with E-state index in [9.17, 15) is 45.0 Å². The molecule has 1 aliphatic carbocycles. The predicted octanol–water partition coefficient (Wildman–Crippen LogP) is 2.07. The number of aliphatic hydroxyl groups is 4. The molecule has 51 heavy (non-hydrogen) atoms. The number of phenolic OH excluding ortho intramolecular Hbond substituents is 1. The van der Waals surface area contributed by atoms with Gasteiger partial charge in [0.25, 0.3) is 0 Å². The maximum absolute atomic E-state index is 12.7. The molecule has 2 heterocycles. The van der Waals surface area contributed by atoms with Gasteiger partial charge >= 0.3 is 5.97 Å². The molecule has 3 aromatic rings. The van der Waals surface area contributed by atoms with Crippen LogP contribution in [0.3, 0.4) is 0 Å². The van der Waals surface area contributed by atoms with E-state index in [-0.39, 0.29) is 45.5 Å². The monoisotopic (exact) mass is 717 g/mol. The Morgan fingerprint density at radius 2 is 1.63 bits per heavy atom. The second kappa shape index (κ2) is 14.7. The van der Waals surface area contributed by atoms with Crippen molar-refractivity contribution in [2.75, 3.05) is 23.8 Å². The van der Waals surface area contributed by atoms with Crippen molar-refractivity contribution in [3.8, 4) is 33.9 Å². The molecule has 0 bridgehead atoms. The molecule has 5 atom stereocenters. The molecule has 9 N–H and O–H groups in total. The van der Waals surface area contributed by atoms with E-state index in [0.29, 0.717) is 33.5 Å². The average Bonchev–Trinajstić information content (AvgIpc) is 3.10. The van der Waals surface area contributed by atoms with Crippen molar-refractivity contribution in [1.82, 2.24) is 5.32 Å². The van der Waals surface area contributed by atoms with Crippen LogP contribution in [0.1, 0.15) is 10.4 Å². The summed E-state index contributed by atoms with van der Waals surface area (Å²) in [5.74, 6) is -1.46. The van der Waals surface area contributed by atoms with Crippen LogP contribution in [0.4, 0.5) is 11.4 Å². The number of carbonyl (C=O) groups is 2. The number of ether oxygens (including phenoxy) is 2. The summed E-state index contributed by atoms with van der Waals surface area (Å²) >= 11 is 5.34. The normalized spacial score (nSPS) is 20.1. The SMILES string of the molecule is O=C(CNC(=S)Nc1ccc(-c2c3ccc(=O)cc-3oc3cc(O)ccc23)c(C(=O)O)c1)Nc1cccc(O[C@@H]2O[C@H](CO)[C@H](O)[C@H](O)[C@H]2O)c1. The number of rotatable bonds is 9. The fraction of sp³-hybridized carbons (Fsp3) is 0.200. The molecule has 0 aromatic heterocycles. The van der Waals surface area contributed by atoms with Gasteiger partial charge in [0.05, 0.1) is 18.7 Å². The molecule has 0 unspecified atom stereocenters. The van der Waals surface area contributed by atoms with Crippen molar-refractivity contribution in [2.45, 2.75) is 30.7 Å². The summed E-state index contributed by atoms with van der Waals surface area (Å²) in [6.07, 6.45) is -7.33. The number of nitrogens with one attached hydrogen (secondary N) is 3. The lowest BCUT2D eigenvalue weighted by atomic mass is 9.90. The number of hydrogen-bond acceptors (Lipinski definition) is 12. The Morgan fingerprint density at radius 3 is 2.39 bits per heavy atom. The number of amides is 1. The maximum atomic E-state index is 12.7. The predicted molar refractivity (Wildman–Crippen MR) is 187 cm³/mol. The third kappa shape index (κ3) is 7.60. The van der Waals surface area contributed by atoms with Gasteiger partial charge in [-0.1, -0.05) is 12.1 Å². The molecule has 1 saturated heterocycles. The Kier molecular flexibility index (Phi) is 10.1. The highest BCUT2D eigenvalue weighted by Crippen LogP contribution is 2.42. The van der Waals surface area contributed by atoms with E-state index in [0.717, 1.165) is 0 Å². The van der Waals surface area contributed by atoms with E-state index in [2.05, 4.69) is 16.0 Å². The second-order valence-corrected chi connectivity index (χ2v) is 12.0. The number of carboxylic acids is 1. The molecule has 3 aliphatic rings. The second-order valence-electron chi connectivity index (χ2n) is 11.6. The Morgan fingerprint density at radius 1 is 0.863 bits per heavy atom. The molecule has 6 rings (SSSR count). The molecular weight excluding hydrogens is 686 g/mol. The van der Waals surface area contributed by atoms with Gasteiger partial charge in [-0.05, 0) is 66.3 Å². The molecule has 0 spiro atoms. The third-order valence-corrected chi connectivity index (χ3v) is 8.33. The summed E-state index contributed by atoms with van der Waals surface area (Å²) in [4.78, 5) is 37.3. The number of phenols is 1. The van der Waals surface area contributed by atoms with E-state index in [1.54, 1.807) is 36.4 Å². The number of anilines is 2. The fourth-order valence-corrected chi connectivity index (χ4v) is 5.84. The zero-order valence-electron chi connectivity index (χ0n) is 26.3. The molecule has 16 heteroatoms. The van der Waals surface area contributed by atoms with Crippen molar-refractivity contribution >= 4 is 51.6 Å². The van der Waals surface area contributed by atoms with Gasteiger partial charge in [0.1, 0.15) is 47.3 Å². The van der Waals surface area contributed by atoms with E-state index in [1.807, 2.05) is 0 Å². The van der Waals surface area contributed by atoms with Crippen molar-refractivity contribution in [3.63, 3.8) is 0 Å². The van der Waals surface area contributed by atoms with Crippen molar-refractivity contribution in [2.24, 2.45) is 0 Å². The highest BCUT2D eigenvalue weighted by molar-refractivity contribution is 7.80. The first-order valence-corrected chi connectivity index (χ1v) is 15.8. The zero-order chi connectivity index (χ0) is 36.4. The highest BCUT2D eigenvalue weighted by Gasteiger charge is 2.44. The standard InChI is InChI=1S/C35H31N3O12S/c39-15-27-30(43)31(44)32(45)34(50-27)48-20-3-1-2-16(10-20)37-28(42)14-36-35(51)38-17-4-7-21(24(11-17)33(46)47)29-22-8-5-18(40)12-25(22)49-26-13-19(41)6-9-23(26)29/h1-13,27,30-32,34,39-40,43-45H,14-15H2,(H,37,42)(H,46,47)(H2,36,38,51)/t27-,30+,31+,32-,34-/m1/s1. The van der Waals surface area contributed by atoms with Crippen LogP contribution < -0.4 is 26.1 Å². The summed E-state index contributed by atoms with van der Waals surface area (Å²) in [5, 5.41) is 68.6. The summed E-state index contributed by atoms with van der Waals surface area (Å²) in [6, 6.07) is 19.2. The number of carboxylic acid groups (broad SMARTS) is 1. The summed E-state index contributed by atoms with van der Waals surface area (Å²) in [7, 11) is 0. The average molecular weight is 718 g/mol. The quantitative estimate of drug-likeness (QED) is 0.0783. The Balaban J connectivity index is 1.12. The van der Waals surface area contributed by atoms with Crippen LogP contribution in [-0.4, -0.2) is 91.5 Å². The first kappa shape index (κ1) is 35.2. The van der Waals surface area contributed by atoms with E-state index < -0.39 is 49.2 Å². The highest BCUT2D eigenvalue weighted by atomic mass is 32.1. The van der Waals surface area contributed by atoms with Gasteiger partial charge in [0.15, 0.2) is 10.5 Å². The third-order valence-electron chi connectivity index (χ3n) is 8.08. The van der Waals surface area contributed by atoms with Gasteiger partial charge in [-0.15, -0.1) is 0 Å². The molecule has 1 amide bonds. The number of fused-ring (bicyclic) bond motifs is 2. The summed E-state index contributed by atoms with van der Waals surface area (Å²) in [6.45, 7) is -0.901. The smallest absolute Gasteiger partial charge is 0.336 e. The van der Waals surface area contributed by atoms with E-state index >= 15 is 0 Å². The minimum Gasteiger partial charge on any atom is -0.508 e. The van der Waals surface area contributed by atoms with Crippen LogP contribution in [0.15, 0.2) is 88.1 Å². The van der Waals surface area contributed by atoms with E-state index in [4.69, 9.17) is 26.1 Å². The lowest BCUT2D eigenvalue weighted by Crippen LogP contribution is -2.60. The molecule has 264 valence electrons. The molecule has 3 aromatic carbocycles. The van der Waals surface area contributed by atoms with Gasteiger partial charge in [-0.25, -0.2) is 4.79 Å². The Labute approximate surface area is 293 Å². The largest absolute Gasteiger partial charge is 0.508 e. The lowest BCUT2D eigenvalue weighted by Gasteiger charge is -2.39.